The largest absolute Gasteiger partial charge is 0.488 e. The van der Waals surface area contributed by atoms with Gasteiger partial charge >= 0.3 is 0 Å². The number of hydrogen-bond acceptors (Lipinski definition) is 8. The van der Waals surface area contributed by atoms with Gasteiger partial charge in [0, 0.05) is 55.8 Å². The number of pyridine rings is 1. The fourth-order valence-corrected chi connectivity index (χ4v) is 5.51. The standard InChI is InChI=1S/C28H31N7OS/c1-2-37-35-14-12-34(13-15-35)26-11-9-24-28(32-26)33-27(31-24)21-8-10-25(23(16-21)22-17-29-30-18-22)36-19-20-6-4-3-5-7-20/h3-11,16-17,29-30H,2,12-15,18-19H2,1H3,(H,31,32,33). The maximum absolute atomic E-state index is 6.24. The second-order valence-electron chi connectivity index (χ2n) is 9.11. The van der Waals surface area contributed by atoms with E-state index in [1.165, 1.54) is 0 Å². The molecule has 0 unspecified atom stereocenters. The fourth-order valence-electron chi connectivity index (χ4n) is 4.72. The fraction of sp³-hybridized carbons (Fsp3) is 0.286. The molecule has 37 heavy (non-hydrogen) atoms. The molecule has 2 aliphatic heterocycles. The maximum Gasteiger partial charge on any atom is 0.180 e. The predicted molar refractivity (Wildman–Crippen MR) is 151 cm³/mol. The topological polar surface area (TPSA) is 81.3 Å². The summed E-state index contributed by atoms with van der Waals surface area (Å²) in [4.78, 5) is 15.6. The highest BCUT2D eigenvalue weighted by Gasteiger charge is 2.20. The molecule has 4 heterocycles. The van der Waals surface area contributed by atoms with Crippen LogP contribution in [0.5, 0.6) is 5.75 Å². The monoisotopic (exact) mass is 513 g/mol. The molecule has 9 heteroatoms. The molecular formula is C28H31N7OS. The molecule has 2 aromatic carbocycles. The average molecular weight is 514 g/mol. The molecular weight excluding hydrogens is 482 g/mol. The first-order valence-electron chi connectivity index (χ1n) is 12.8. The molecule has 0 amide bonds. The third kappa shape index (κ3) is 5.29. The van der Waals surface area contributed by atoms with Crippen molar-refractivity contribution in [3.05, 3.63) is 78.0 Å². The van der Waals surface area contributed by atoms with Gasteiger partial charge in [0.05, 0.1) is 5.52 Å². The number of nitrogens with zero attached hydrogens (tertiary/aromatic N) is 4. The van der Waals surface area contributed by atoms with Crippen molar-refractivity contribution in [3.63, 3.8) is 0 Å². The number of fused-ring (bicyclic) bond motifs is 1. The van der Waals surface area contributed by atoms with Gasteiger partial charge in [0.1, 0.15) is 24.0 Å². The Balaban J connectivity index is 1.25. The number of nitrogens with one attached hydrogen (secondary N) is 3. The first-order valence-corrected chi connectivity index (χ1v) is 13.7. The van der Waals surface area contributed by atoms with E-state index >= 15 is 0 Å². The Labute approximate surface area is 221 Å². The molecule has 0 aliphatic carbocycles. The smallest absolute Gasteiger partial charge is 0.180 e. The van der Waals surface area contributed by atoms with Gasteiger partial charge in [-0.2, -0.15) is 0 Å². The van der Waals surface area contributed by atoms with Gasteiger partial charge in [0.25, 0.3) is 0 Å². The molecule has 0 saturated carbocycles. The van der Waals surface area contributed by atoms with E-state index in [9.17, 15) is 0 Å². The molecule has 6 rings (SSSR count). The predicted octanol–water partition coefficient (Wildman–Crippen LogP) is 4.44. The molecule has 0 bridgehead atoms. The lowest BCUT2D eigenvalue weighted by Gasteiger charge is -2.34. The number of hydrogen-bond donors (Lipinski definition) is 3. The van der Waals surface area contributed by atoms with Crippen molar-refractivity contribution in [3.8, 4) is 17.1 Å². The number of ether oxygens (including phenoxy) is 1. The molecule has 1 fully saturated rings. The number of aromatic amines is 1. The van der Waals surface area contributed by atoms with E-state index in [1.807, 2.05) is 42.4 Å². The summed E-state index contributed by atoms with van der Waals surface area (Å²) in [5.41, 5.74) is 12.3. The molecule has 2 aliphatic rings. The van der Waals surface area contributed by atoms with Gasteiger partial charge in [-0.25, -0.2) is 19.7 Å². The minimum Gasteiger partial charge on any atom is -0.488 e. The van der Waals surface area contributed by atoms with Gasteiger partial charge in [-0.3, -0.25) is 0 Å². The number of benzene rings is 2. The van der Waals surface area contributed by atoms with E-state index in [2.05, 4.69) is 68.4 Å². The summed E-state index contributed by atoms with van der Waals surface area (Å²) in [6, 6.07) is 20.7. The van der Waals surface area contributed by atoms with Crippen molar-refractivity contribution in [1.29, 1.82) is 0 Å². The third-order valence-corrected chi connectivity index (χ3v) is 7.66. The summed E-state index contributed by atoms with van der Waals surface area (Å²) in [6.07, 6.45) is 1.99. The van der Waals surface area contributed by atoms with Crippen LogP contribution < -0.4 is 20.5 Å². The molecule has 1 saturated heterocycles. The first-order chi connectivity index (χ1) is 18.3. The minimum absolute atomic E-state index is 0.518. The highest BCUT2D eigenvalue weighted by atomic mass is 32.2. The Morgan fingerprint density at radius 3 is 2.62 bits per heavy atom. The van der Waals surface area contributed by atoms with Crippen molar-refractivity contribution in [2.24, 2.45) is 0 Å². The number of hydrazine groups is 1. The van der Waals surface area contributed by atoms with Gasteiger partial charge in [-0.15, -0.1) is 0 Å². The number of anilines is 1. The van der Waals surface area contributed by atoms with Crippen molar-refractivity contribution in [1.82, 2.24) is 30.1 Å². The quantitative estimate of drug-likeness (QED) is 0.298. The van der Waals surface area contributed by atoms with Crippen LogP contribution in [-0.4, -0.2) is 57.7 Å². The Kier molecular flexibility index (Phi) is 6.98. The van der Waals surface area contributed by atoms with E-state index in [0.717, 1.165) is 89.3 Å². The normalized spacial score (nSPS) is 16.1. The lowest BCUT2D eigenvalue weighted by molar-refractivity contribution is 0.305. The molecule has 8 nitrogen and oxygen atoms in total. The van der Waals surface area contributed by atoms with Crippen LogP contribution in [0.3, 0.4) is 0 Å². The number of rotatable bonds is 8. The van der Waals surface area contributed by atoms with Crippen molar-refractivity contribution in [2.45, 2.75) is 13.5 Å². The van der Waals surface area contributed by atoms with Crippen molar-refractivity contribution < 1.29 is 4.74 Å². The highest BCUT2D eigenvalue weighted by molar-refractivity contribution is 7.96. The van der Waals surface area contributed by atoms with Gasteiger partial charge in [-0.05, 0) is 41.5 Å². The van der Waals surface area contributed by atoms with Crippen LogP contribution in [0.4, 0.5) is 5.82 Å². The SMILES string of the molecule is CCSN1CCN(c2ccc3[nH]c(-c4ccc(OCc5ccccc5)c(C5=CNNC5)c4)nc3n2)CC1. The first kappa shape index (κ1) is 23.8. The van der Waals surface area contributed by atoms with Crippen LogP contribution in [0.15, 0.2) is 66.9 Å². The van der Waals surface area contributed by atoms with E-state index in [0.29, 0.717) is 6.61 Å². The van der Waals surface area contributed by atoms with Crippen LogP contribution in [0.2, 0.25) is 0 Å². The van der Waals surface area contributed by atoms with Gasteiger partial charge < -0.3 is 20.0 Å². The minimum atomic E-state index is 0.518. The Morgan fingerprint density at radius 2 is 1.84 bits per heavy atom. The van der Waals surface area contributed by atoms with Gasteiger partial charge in [-0.1, -0.05) is 49.2 Å². The number of H-pyrrole nitrogens is 1. The third-order valence-electron chi connectivity index (χ3n) is 6.67. The zero-order valence-electron chi connectivity index (χ0n) is 20.9. The maximum atomic E-state index is 6.24. The Bertz CT molecular complexity index is 1400. The van der Waals surface area contributed by atoms with Gasteiger partial charge in [0.15, 0.2) is 5.65 Å². The van der Waals surface area contributed by atoms with Crippen LogP contribution in [0, 0.1) is 0 Å². The van der Waals surface area contributed by atoms with Crippen LogP contribution in [0.25, 0.3) is 28.1 Å². The molecule has 2 aromatic heterocycles. The molecule has 3 N–H and O–H groups in total. The van der Waals surface area contributed by atoms with Crippen molar-refractivity contribution in [2.75, 3.05) is 43.4 Å². The zero-order valence-corrected chi connectivity index (χ0v) is 21.7. The zero-order chi connectivity index (χ0) is 25.0. The van der Waals surface area contributed by atoms with Crippen molar-refractivity contribution >= 4 is 34.5 Å². The average Bonchev–Trinajstić information content (AvgIpc) is 3.63. The summed E-state index contributed by atoms with van der Waals surface area (Å²) in [5.74, 6) is 3.76. The second-order valence-corrected chi connectivity index (χ2v) is 10.5. The van der Waals surface area contributed by atoms with Crippen LogP contribution in [0.1, 0.15) is 18.1 Å². The summed E-state index contributed by atoms with van der Waals surface area (Å²) < 4.78 is 8.68. The number of aromatic nitrogens is 3. The lowest BCUT2D eigenvalue weighted by Crippen LogP contribution is -2.43. The van der Waals surface area contributed by atoms with E-state index < -0.39 is 0 Å². The summed E-state index contributed by atoms with van der Waals surface area (Å²) in [5, 5.41) is 0. The summed E-state index contributed by atoms with van der Waals surface area (Å²) in [7, 11) is 0. The number of imidazole rings is 1. The van der Waals surface area contributed by atoms with Crippen LogP contribution in [-0.2, 0) is 6.61 Å². The lowest BCUT2D eigenvalue weighted by atomic mass is 10.0. The molecule has 0 spiro atoms. The molecule has 0 radical (unpaired) electrons. The van der Waals surface area contributed by atoms with Gasteiger partial charge in [0.2, 0.25) is 0 Å². The Morgan fingerprint density at radius 1 is 0.973 bits per heavy atom. The van der Waals surface area contributed by atoms with Crippen LogP contribution >= 0.6 is 11.9 Å². The summed E-state index contributed by atoms with van der Waals surface area (Å²) >= 11 is 1.91. The Hall–Kier alpha value is -3.53. The molecule has 0 atom stereocenters. The highest BCUT2D eigenvalue weighted by Crippen LogP contribution is 2.32. The number of piperazine rings is 1. The molecule has 4 aromatic rings. The van der Waals surface area contributed by atoms with E-state index in [-0.39, 0.29) is 0 Å². The molecule has 190 valence electrons. The van der Waals surface area contributed by atoms with E-state index in [1.54, 1.807) is 0 Å². The summed E-state index contributed by atoms with van der Waals surface area (Å²) in [6.45, 7) is 7.50. The second kappa shape index (κ2) is 10.8. The van der Waals surface area contributed by atoms with E-state index in [4.69, 9.17) is 14.7 Å².